The minimum absolute atomic E-state index is 0.745. The summed E-state index contributed by atoms with van der Waals surface area (Å²) in [7, 11) is 0. The Bertz CT molecular complexity index is 507. The van der Waals surface area contributed by atoms with Crippen LogP contribution in [0.5, 0.6) is 0 Å². The normalized spacial score (nSPS) is 9.60. The van der Waals surface area contributed by atoms with E-state index in [2.05, 4.69) is 18.2 Å². The molecule has 0 aromatic heterocycles. The second-order valence-electron chi connectivity index (χ2n) is 3.51. The standard InChI is InChI=1S/C14H11N/c1-11-9-13(7-8-14(11)10-15)12-5-3-2-4-6-12/h2-9H,1H3. The van der Waals surface area contributed by atoms with Crippen molar-refractivity contribution in [2.45, 2.75) is 6.92 Å². The van der Waals surface area contributed by atoms with Gasteiger partial charge in [-0.2, -0.15) is 5.26 Å². The van der Waals surface area contributed by atoms with Crippen LogP contribution in [0.1, 0.15) is 11.1 Å². The van der Waals surface area contributed by atoms with Gasteiger partial charge in [0.25, 0.3) is 0 Å². The van der Waals surface area contributed by atoms with Gasteiger partial charge in [-0.15, -0.1) is 0 Å². The fourth-order valence-corrected chi connectivity index (χ4v) is 1.60. The van der Waals surface area contributed by atoms with Gasteiger partial charge in [-0.3, -0.25) is 0 Å². The first-order valence-corrected chi connectivity index (χ1v) is 4.87. The smallest absolute Gasteiger partial charge is 0.0994 e. The molecule has 0 heterocycles. The van der Waals surface area contributed by atoms with E-state index in [0.29, 0.717) is 0 Å². The molecule has 72 valence electrons. The van der Waals surface area contributed by atoms with Crippen LogP contribution in [0.15, 0.2) is 48.5 Å². The van der Waals surface area contributed by atoms with Gasteiger partial charge in [0.15, 0.2) is 0 Å². The van der Waals surface area contributed by atoms with Gasteiger partial charge in [0.2, 0.25) is 0 Å². The Morgan fingerprint density at radius 2 is 1.67 bits per heavy atom. The quantitative estimate of drug-likeness (QED) is 0.679. The zero-order valence-corrected chi connectivity index (χ0v) is 8.57. The molecule has 2 aromatic carbocycles. The monoisotopic (exact) mass is 193 g/mol. The third-order valence-electron chi connectivity index (χ3n) is 2.45. The molecule has 2 aromatic rings. The first kappa shape index (κ1) is 9.48. The molecule has 0 aliphatic heterocycles. The maximum Gasteiger partial charge on any atom is 0.0994 e. The van der Waals surface area contributed by atoms with Gasteiger partial charge < -0.3 is 0 Å². The maximum absolute atomic E-state index is 8.83. The highest BCUT2D eigenvalue weighted by molar-refractivity contribution is 5.65. The van der Waals surface area contributed by atoms with E-state index in [-0.39, 0.29) is 0 Å². The van der Waals surface area contributed by atoms with Crippen LogP contribution in [0.25, 0.3) is 11.1 Å². The van der Waals surface area contributed by atoms with Crippen LogP contribution >= 0.6 is 0 Å². The number of nitrogens with zero attached hydrogens (tertiary/aromatic N) is 1. The summed E-state index contributed by atoms with van der Waals surface area (Å²) in [6.45, 7) is 1.96. The van der Waals surface area contributed by atoms with E-state index >= 15 is 0 Å². The van der Waals surface area contributed by atoms with E-state index < -0.39 is 0 Å². The lowest BCUT2D eigenvalue weighted by atomic mass is 10.0. The van der Waals surface area contributed by atoms with E-state index in [1.54, 1.807) is 0 Å². The van der Waals surface area contributed by atoms with Gasteiger partial charge in [-0.25, -0.2) is 0 Å². The fourth-order valence-electron chi connectivity index (χ4n) is 1.60. The summed E-state index contributed by atoms with van der Waals surface area (Å²) in [5, 5.41) is 8.83. The number of benzene rings is 2. The van der Waals surface area contributed by atoms with Crippen molar-refractivity contribution in [1.82, 2.24) is 0 Å². The van der Waals surface area contributed by atoms with Crippen LogP contribution in [0.2, 0.25) is 0 Å². The minimum Gasteiger partial charge on any atom is -0.192 e. The lowest BCUT2D eigenvalue weighted by molar-refractivity contribution is 1.39. The summed E-state index contributed by atoms with van der Waals surface area (Å²) >= 11 is 0. The number of aryl methyl sites for hydroxylation is 1. The van der Waals surface area contributed by atoms with Crippen LogP contribution in [-0.4, -0.2) is 0 Å². The molecular formula is C14H11N. The maximum atomic E-state index is 8.83. The van der Waals surface area contributed by atoms with Crippen LogP contribution in [0.4, 0.5) is 0 Å². The Labute approximate surface area is 89.6 Å². The van der Waals surface area contributed by atoms with E-state index in [0.717, 1.165) is 16.7 Å². The number of hydrogen-bond donors (Lipinski definition) is 0. The molecule has 0 radical (unpaired) electrons. The van der Waals surface area contributed by atoms with Crippen molar-refractivity contribution in [1.29, 1.82) is 5.26 Å². The Kier molecular flexibility index (Phi) is 2.51. The Morgan fingerprint density at radius 1 is 0.933 bits per heavy atom. The van der Waals surface area contributed by atoms with Crippen molar-refractivity contribution >= 4 is 0 Å². The molecule has 0 N–H and O–H groups in total. The van der Waals surface area contributed by atoms with Crippen molar-refractivity contribution in [3.05, 3.63) is 59.7 Å². The highest BCUT2D eigenvalue weighted by Gasteiger charge is 2.00. The largest absolute Gasteiger partial charge is 0.192 e. The van der Waals surface area contributed by atoms with Gasteiger partial charge in [0.1, 0.15) is 0 Å². The van der Waals surface area contributed by atoms with Crippen LogP contribution in [0.3, 0.4) is 0 Å². The van der Waals surface area contributed by atoms with Gasteiger partial charge in [0.05, 0.1) is 11.6 Å². The number of hydrogen-bond acceptors (Lipinski definition) is 1. The first-order valence-electron chi connectivity index (χ1n) is 4.87. The molecule has 0 spiro atoms. The molecule has 0 atom stereocenters. The molecule has 0 aliphatic rings. The molecule has 0 saturated heterocycles. The zero-order valence-electron chi connectivity index (χ0n) is 8.57. The molecule has 0 saturated carbocycles. The molecule has 0 amide bonds. The fraction of sp³-hybridized carbons (Fsp3) is 0.0714. The molecule has 1 heteroatoms. The lowest BCUT2D eigenvalue weighted by Gasteiger charge is -2.03. The molecule has 0 unspecified atom stereocenters. The summed E-state index contributed by atoms with van der Waals surface area (Å²) in [6.07, 6.45) is 0. The third kappa shape index (κ3) is 1.89. The summed E-state index contributed by atoms with van der Waals surface area (Å²) < 4.78 is 0. The van der Waals surface area contributed by atoms with Crippen molar-refractivity contribution < 1.29 is 0 Å². The second-order valence-corrected chi connectivity index (χ2v) is 3.51. The van der Waals surface area contributed by atoms with E-state index in [9.17, 15) is 0 Å². The Morgan fingerprint density at radius 3 is 2.27 bits per heavy atom. The summed E-state index contributed by atoms with van der Waals surface area (Å²) in [4.78, 5) is 0. The summed E-state index contributed by atoms with van der Waals surface area (Å²) in [6, 6.07) is 18.3. The van der Waals surface area contributed by atoms with E-state index in [4.69, 9.17) is 5.26 Å². The highest BCUT2D eigenvalue weighted by atomic mass is 14.2. The Balaban J connectivity index is 2.49. The van der Waals surface area contributed by atoms with Crippen molar-refractivity contribution in [3.8, 4) is 17.2 Å². The molecule has 0 aliphatic carbocycles. The van der Waals surface area contributed by atoms with E-state index in [1.165, 1.54) is 5.56 Å². The Hall–Kier alpha value is -2.07. The lowest BCUT2D eigenvalue weighted by Crippen LogP contribution is -1.84. The average Bonchev–Trinajstić information content (AvgIpc) is 2.30. The van der Waals surface area contributed by atoms with Crippen LogP contribution in [-0.2, 0) is 0 Å². The second kappa shape index (κ2) is 3.98. The average molecular weight is 193 g/mol. The van der Waals surface area contributed by atoms with Crippen molar-refractivity contribution in [2.24, 2.45) is 0 Å². The zero-order chi connectivity index (χ0) is 10.7. The van der Waals surface area contributed by atoms with Gasteiger partial charge >= 0.3 is 0 Å². The summed E-state index contributed by atoms with van der Waals surface area (Å²) in [5.74, 6) is 0. The molecule has 15 heavy (non-hydrogen) atoms. The van der Waals surface area contributed by atoms with Gasteiger partial charge in [-0.05, 0) is 29.7 Å². The number of rotatable bonds is 1. The SMILES string of the molecule is Cc1cc(-c2ccccc2)ccc1C#N. The van der Waals surface area contributed by atoms with Crippen LogP contribution < -0.4 is 0 Å². The number of nitriles is 1. The topological polar surface area (TPSA) is 23.8 Å². The first-order chi connectivity index (χ1) is 7.31. The van der Waals surface area contributed by atoms with E-state index in [1.807, 2.05) is 43.3 Å². The van der Waals surface area contributed by atoms with Crippen molar-refractivity contribution in [2.75, 3.05) is 0 Å². The molecule has 1 nitrogen and oxygen atoms in total. The van der Waals surface area contributed by atoms with Gasteiger partial charge in [0, 0.05) is 0 Å². The summed E-state index contributed by atoms with van der Waals surface area (Å²) in [5.41, 5.74) is 4.12. The van der Waals surface area contributed by atoms with Crippen LogP contribution in [0, 0.1) is 18.3 Å². The van der Waals surface area contributed by atoms with Gasteiger partial charge in [-0.1, -0.05) is 42.5 Å². The predicted molar refractivity (Wildman–Crippen MR) is 61.3 cm³/mol. The molecule has 0 bridgehead atoms. The molecular weight excluding hydrogens is 182 g/mol. The molecule has 2 rings (SSSR count). The predicted octanol–water partition coefficient (Wildman–Crippen LogP) is 3.53. The molecule has 0 fully saturated rings. The van der Waals surface area contributed by atoms with Crippen molar-refractivity contribution in [3.63, 3.8) is 0 Å². The highest BCUT2D eigenvalue weighted by Crippen LogP contribution is 2.21. The minimum atomic E-state index is 0.745. The third-order valence-corrected chi connectivity index (χ3v) is 2.45.